The van der Waals surface area contributed by atoms with Crippen molar-refractivity contribution in [1.29, 1.82) is 0 Å². The second kappa shape index (κ2) is 3.01. The molecule has 0 aromatic heterocycles. The van der Waals surface area contributed by atoms with Crippen LogP contribution in [-0.2, 0) is 0 Å². The lowest BCUT2D eigenvalue weighted by molar-refractivity contribution is 1.39. The molecular formula is C7H6BrI. The van der Waals surface area contributed by atoms with Crippen molar-refractivity contribution in [3.05, 3.63) is 31.8 Å². The lowest BCUT2D eigenvalue weighted by atomic mass is 10.2. The normalized spacial score (nSPS) is 9.67. The van der Waals surface area contributed by atoms with Crippen molar-refractivity contribution >= 4 is 38.5 Å². The van der Waals surface area contributed by atoms with Crippen LogP contribution in [0.1, 0.15) is 5.56 Å². The van der Waals surface area contributed by atoms with Crippen LogP contribution < -0.4 is 0 Å². The summed E-state index contributed by atoms with van der Waals surface area (Å²) < 4.78 is 2.50. The fourth-order valence-electron chi connectivity index (χ4n) is 0.581. The average Bonchev–Trinajstić information content (AvgIpc) is 1.83. The Kier molecular flexibility index (Phi) is 2.52. The molecule has 0 unspecified atom stereocenters. The summed E-state index contributed by atoms with van der Waals surface area (Å²) >= 11 is 5.76. The molecule has 9 heavy (non-hydrogen) atoms. The van der Waals surface area contributed by atoms with Crippen molar-refractivity contribution in [3.63, 3.8) is 0 Å². The van der Waals surface area contributed by atoms with Gasteiger partial charge in [-0.25, -0.2) is 0 Å². The molecule has 0 atom stereocenters. The van der Waals surface area contributed by atoms with Gasteiger partial charge in [0.25, 0.3) is 0 Å². The van der Waals surface area contributed by atoms with Gasteiger partial charge >= 0.3 is 0 Å². The first-order chi connectivity index (χ1) is 4.22. The lowest BCUT2D eigenvalue weighted by Crippen LogP contribution is -1.78. The summed E-state index contributed by atoms with van der Waals surface area (Å²) in [5, 5.41) is 0. The minimum Gasteiger partial charge on any atom is -0.0601 e. The van der Waals surface area contributed by atoms with Crippen LogP contribution in [0.5, 0.6) is 0 Å². The minimum absolute atomic E-state index is 1.19. The van der Waals surface area contributed by atoms with Crippen molar-refractivity contribution in [2.45, 2.75) is 6.92 Å². The van der Waals surface area contributed by atoms with E-state index in [1.165, 1.54) is 13.6 Å². The van der Waals surface area contributed by atoms with Crippen LogP contribution in [0.2, 0.25) is 0 Å². The van der Waals surface area contributed by atoms with Gasteiger partial charge in [0.2, 0.25) is 0 Å². The summed E-state index contributed by atoms with van der Waals surface area (Å²) in [6, 6.07) is 6.19. The minimum atomic E-state index is 1.19. The first-order valence-electron chi connectivity index (χ1n) is 2.62. The van der Waals surface area contributed by atoms with E-state index in [2.05, 4.69) is 57.6 Å². The Morgan fingerprint density at radius 1 is 1.44 bits per heavy atom. The van der Waals surface area contributed by atoms with E-state index in [1.54, 1.807) is 0 Å². The second-order valence-corrected chi connectivity index (χ2v) is 3.86. The van der Waals surface area contributed by atoms with Crippen LogP contribution >= 0.6 is 38.5 Å². The van der Waals surface area contributed by atoms with E-state index in [1.807, 2.05) is 6.07 Å². The number of hydrogen-bond donors (Lipinski definition) is 0. The molecule has 0 nitrogen and oxygen atoms in total. The van der Waals surface area contributed by atoms with Gasteiger partial charge in [0.1, 0.15) is 0 Å². The van der Waals surface area contributed by atoms with Crippen LogP contribution in [0.25, 0.3) is 0 Å². The van der Waals surface area contributed by atoms with E-state index in [0.717, 1.165) is 0 Å². The highest BCUT2D eigenvalue weighted by Gasteiger charge is 1.95. The summed E-state index contributed by atoms with van der Waals surface area (Å²) in [6.07, 6.45) is 0. The molecule has 1 rings (SSSR count). The maximum absolute atomic E-state index is 3.44. The maximum Gasteiger partial charge on any atom is 0.0215 e. The Morgan fingerprint density at radius 2 is 2.11 bits per heavy atom. The van der Waals surface area contributed by atoms with Gasteiger partial charge in [0, 0.05) is 8.04 Å². The summed E-state index contributed by atoms with van der Waals surface area (Å²) in [5.74, 6) is 0. The molecule has 0 fully saturated rings. The van der Waals surface area contributed by atoms with Crippen molar-refractivity contribution in [3.8, 4) is 0 Å². The van der Waals surface area contributed by atoms with Crippen LogP contribution in [0.15, 0.2) is 22.7 Å². The molecular weight excluding hydrogens is 291 g/mol. The topological polar surface area (TPSA) is 0 Å². The van der Waals surface area contributed by atoms with Crippen molar-refractivity contribution in [2.75, 3.05) is 0 Å². The molecule has 1 aromatic rings. The summed E-state index contributed by atoms with van der Waals surface area (Å²) in [5.41, 5.74) is 1.32. The molecule has 0 radical (unpaired) electrons. The third-order valence-electron chi connectivity index (χ3n) is 1.20. The van der Waals surface area contributed by atoms with E-state index in [4.69, 9.17) is 0 Å². The zero-order valence-corrected chi connectivity index (χ0v) is 8.73. The third-order valence-corrected chi connectivity index (χ3v) is 3.23. The number of hydrogen-bond acceptors (Lipinski definition) is 0. The smallest absolute Gasteiger partial charge is 0.0215 e. The van der Waals surface area contributed by atoms with Gasteiger partial charge in [0.05, 0.1) is 0 Å². The summed E-state index contributed by atoms with van der Waals surface area (Å²) in [7, 11) is 0. The molecule has 0 N–H and O–H groups in total. The second-order valence-electron chi connectivity index (χ2n) is 1.85. The summed E-state index contributed by atoms with van der Waals surface area (Å²) in [6.45, 7) is 2.10. The van der Waals surface area contributed by atoms with E-state index in [0.29, 0.717) is 0 Å². The molecule has 0 aliphatic carbocycles. The highest BCUT2D eigenvalue weighted by molar-refractivity contribution is 14.1. The Labute approximate surface area is 76.9 Å². The van der Waals surface area contributed by atoms with Crippen LogP contribution in [-0.4, -0.2) is 0 Å². The van der Waals surface area contributed by atoms with Gasteiger partial charge in [-0.15, -0.1) is 0 Å². The highest BCUT2D eigenvalue weighted by atomic mass is 127. The molecule has 0 spiro atoms. The van der Waals surface area contributed by atoms with E-state index >= 15 is 0 Å². The Balaban J connectivity index is 3.25. The van der Waals surface area contributed by atoms with Crippen LogP contribution in [0.4, 0.5) is 0 Å². The lowest BCUT2D eigenvalue weighted by Gasteiger charge is -1.97. The van der Waals surface area contributed by atoms with Gasteiger partial charge in [-0.1, -0.05) is 22.0 Å². The van der Waals surface area contributed by atoms with Gasteiger partial charge < -0.3 is 0 Å². The van der Waals surface area contributed by atoms with Gasteiger partial charge in [-0.2, -0.15) is 0 Å². The Hall–Kier alpha value is 0.430. The van der Waals surface area contributed by atoms with E-state index < -0.39 is 0 Å². The SMILES string of the molecule is Cc1c(Br)cccc1I. The Morgan fingerprint density at radius 3 is 2.56 bits per heavy atom. The first-order valence-corrected chi connectivity index (χ1v) is 4.49. The summed E-state index contributed by atoms with van der Waals surface area (Å²) in [4.78, 5) is 0. The third kappa shape index (κ3) is 1.67. The average molecular weight is 297 g/mol. The molecule has 1 aromatic carbocycles. The van der Waals surface area contributed by atoms with E-state index in [-0.39, 0.29) is 0 Å². The number of rotatable bonds is 0. The van der Waals surface area contributed by atoms with Crippen LogP contribution in [0, 0.1) is 10.5 Å². The molecule has 0 heterocycles. The predicted octanol–water partition coefficient (Wildman–Crippen LogP) is 3.36. The molecule has 0 aliphatic rings. The molecule has 0 aliphatic heterocycles. The largest absolute Gasteiger partial charge is 0.0601 e. The fraction of sp³-hybridized carbons (Fsp3) is 0.143. The van der Waals surface area contributed by atoms with Gasteiger partial charge in [0.15, 0.2) is 0 Å². The van der Waals surface area contributed by atoms with Gasteiger partial charge in [-0.3, -0.25) is 0 Å². The zero-order chi connectivity index (χ0) is 6.85. The van der Waals surface area contributed by atoms with Crippen molar-refractivity contribution in [2.24, 2.45) is 0 Å². The fourth-order valence-corrected chi connectivity index (χ4v) is 1.82. The first kappa shape index (κ1) is 7.54. The molecule has 0 saturated carbocycles. The monoisotopic (exact) mass is 296 g/mol. The van der Waals surface area contributed by atoms with Crippen molar-refractivity contribution in [1.82, 2.24) is 0 Å². The standard InChI is InChI=1S/C7H6BrI/c1-5-6(8)3-2-4-7(5)9/h2-4H,1H3. The van der Waals surface area contributed by atoms with E-state index in [9.17, 15) is 0 Å². The molecule has 48 valence electrons. The molecule has 0 saturated heterocycles. The van der Waals surface area contributed by atoms with Crippen molar-refractivity contribution < 1.29 is 0 Å². The highest BCUT2D eigenvalue weighted by Crippen LogP contribution is 2.20. The Bertz CT molecular complexity index is 200. The predicted molar refractivity (Wildman–Crippen MR) is 51.6 cm³/mol. The maximum atomic E-state index is 3.44. The molecule has 2 heteroatoms. The molecule has 0 amide bonds. The van der Waals surface area contributed by atoms with Crippen LogP contribution in [0.3, 0.4) is 0 Å². The van der Waals surface area contributed by atoms with Gasteiger partial charge in [-0.05, 0) is 47.2 Å². The quantitative estimate of drug-likeness (QED) is 0.644. The number of benzene rings is 1. The molecule has 0 bridgehead atoms. The zero-order valence-electron chi connectivity index (χ0n) is 4.99. The number of halogens is 2.